The van der Waals surface area contributed by atoms with Gasteiger partial charge in [0.15, 0.2) is 0 Å². The van der Waals surface area contributed by atoms with Gasteiger partial charge in [0, 0.05) is 13.1 Å². The fraction of sp³-hybridized carbons (Fsp3) is 0.400. The van der Waals surface area contributed by atoms with E-state index in [1.807, 2.05) is 0 Å². The number of nitrogen functional groups attached to an aromatic ring is 1. The monoisotopic (exact) mass is 325 g/mol. The highest BCUT2D eigenvalue weighted by Crippen LogP contribution is 2.18. The van der Waals surface area contributed by atoms with Crippen LogP contribution in [0.25, 0.3) is 0 Å². The van der Waals surface area contributed by atoms with Crippen LogP contribution in [0.3, 0.4) is 0 Å². The molecule has 10 heteroatoms. The minimum atomic E-state index is -4.06. The van der Waals surface area contributed by atoms with E-state index in [4.69, 9.17) is 5.73 Å². The van der Waals surface area contributed by atoms with Crippen LogP contribution < -0.4 is 15.2 Å². The fourth-order valence-corrected chi connectivity index (χ4v) is 3.68. The van der Waals surface area contributed by atoms with Crippen molar-refractivity contribution in [1.82, 2.24) is 9.44 Å². The van der Waals surface area contributed by atoms with E-state index in [1.165, 1.54) is 0 Å². The topological polar surface area (TPSA) is 118 Å². The van der Waals surface area contributed by atoms with Crippen LogP contribution in [0.15, 0.2) is 23.1 Å². The standard InChI is InChI=1S/C10H16FN3O4S2/c1-2-13-19(15,16)6-5-14-20(17,18)10-7-8(11)3-4-9(10)12/h3-4,7,13-14H,2,5-6,12H2,1H3. The lowest BCUT2D eigenvalue weighted by Crippen LogP contribution is -2.34. The maximum Gasteiger partial charge on any atom is 0.242 e. The number of nitrogens with two attached hydrogens (primary N) is 1. The van der Waals surface area contributed by atoms with Crippen LogP contribution in [-0.2, 0) is 20.0 Å². The molecule has 0 amide bonds. The van der Waals surface area contributed by atoms with Gasteiger partial charge in [0.2, 0.25) is 20.0 Å². The van der Waals surface area contributed by atoms with E-state index in [9.17, 15) is 21.2 Å². The molecule has 0 saturated heterocycles. The Hall–Kier alpha value is -1.23. The zero-order valence-corrected chi connectivity index (χ0v) is 12.4. The Morgan fingerprint density at radius 3 is 2.45 bits per heavy atom. The Kier molecular flexibility index (Phi) is 5.45. The Morgan fingerprint density at radius 2 is 1.85 bits per heavy atom. The predicted octanol–water partition coefficient (Wildman–Crippen LogP) is -0.374. The van der Waals surface area contributed by atoms with Crippen LogP contribution in [0.5, 0.6) is 0 Å². The van der Waals surface area contributed by atoms with Crippen LogP contribution in [0.2, 0.25) is 0 Å². The zero-order valence-electron chi connectivity index (χ0n) is 10.8. The molecule has 0 aromatic heterocycles. The normalized spacial score (nSPS) is 12.5. The molecule has 0 atom stereocenters. The first kappa shape index (κ1) is 16.8. The maximum absolute atomic E-state index is 13.0. The van der Waals surface area contributed by atoms with E-state index < -0.39 is 36.5 Å². The molecule has 114 valence electrons. The summed E-state index contributed by atoms with van der Waals surface area (Å²) >= 11 is 0. The molecule has 0 saturated carbocycles. The number of halogens is 1. The number of nitrogens with one attached hydrogen (secondary N) is 2. The molecule has 1 aromatic rings. The molecule has 0 spiro atoms. The van der Waals surface area contributed by atoms with Crippen molar-refractivity contribution in [1.29, 1.82) is 0 Å². The predicted molar refractivity (Wildman–Crippen MR) is 73.5 cm³/mol. The van der Waals surface area contributed by atoms with Gasteiger partial charge in [0.05, 0.1) is 11.4 Å². The molecule has 0 aliphatic rings. The van der Waals surface area contributed by atoms with Gasteiger partial charge in [-0.15, -0.1) is 0 Å². The van der Waals surface area contributed by atoms with Crippen LogP contribution in [0, 0.1) is 5.82 Å². The summed E-state index contributed by atoms with van der Waals surface area (Å²) in [6.45, 7) is 1.48. The summed E-state index contributed by atoms with van der Waals surface area (Å²) in [5.74, 6) is -1.17. The molecule has 0 aliphatic carbocycles. The van der Waals surface area contributed by atoms with Gasteiger partial charge < -0.3 is 5.73 Å². The number of hydrogen-bond acceptors (Lipinski definition) is 5. The van der Waals surface area contributed by atoms with E-state index in [2.05, 4.69) is 9.44 Å². The van der Waals surface area contributed by atoms with Crippen molar-refractivity contribution in [3.8, 4) is 0 Å². The second kappa shape index (κ2) is 6.48. The highest BCUT2D eigenvalue weighted by atomic mass is 32.2. The molecule has 1 rings (SSSR count). The molecular weight excluding hydrogens is 309 g/mol. The lowest BCUT2D eigenvalue weighted by molar-refractivity contribution is 0.574. The van der Waals surface area contributed by atoms with Gasteiger partial charge in [-0.2, -0.15) is 0 Å². The fourth-order valence-electron chi connectivity index (χ4n) is 1.42. The molecule has 20 heavy (non-hydrogen) atoms. The second-order valence-electron chi connectivity index (χ2n) is 3.90. The van der Waals surface area contributed by atoms with Crippen molar-refractivity contribution in [3.63, 3.8) is 0 Å². The van der Waals surface area contributed by atoms with E-state index in [1.54, 1.807) is 6.92 Å². The lowest BCUT2D eigenvalue weighted by atomic mass is 10.3. The smallest absolute Gasteiger partial charge is 0.242 e. The van der Waals surface area contributed by atoms with Gasteiger partial charge in [0.25, 0.3) is 0 Å². The molecular formula is C10H16FN3O4S2. The van der Waals surface area contributed by atoms with Gasteiger partial charge in [0.1, 0.15) is 10.7 Å². The molecule has 0 radical (unpaired) electrons. The van der Waals surface area contributed by atoms with Gasteiger partial charge in [-0.3, -0.25) is 0 Å². The minimum Gasteiger partial charge on any atom is -0.398 e. The third-order valence-corrected chi connectivity index (χ3v) is 5.28. The SMILES string of the molecule is CCNS(=O)(=O)CCNS(=O)(=O)c1cc(F)ccc1N. The lowest BCUT2D eigenvalue weighted by Gasteiger charge is -2.09. The van der Waals surface area contributed by atoms with Crippen molar-refractivity contribution in [2.45, 2.75) is 11.8 Å². The zero-order chi connectivity index (χ0) is 15.4. The van der Waals surface area contributed by atoms with Crippen molar-refractivity contribution >= 4 is 25.7 Å². The number of hydrogen-bond donors (Lipinski definition) is 3. The first-order chi connectivity index (χ1) is 9.18. The average molecular weight is 325 g/mol. The molecule has 0 unspecified atom stereocenters. The third-order valence-electron chi connectivity index (χ3n) is 2.29. The first-order valence-corrected chi connectivity index (χ1v) is 8.83. The van der Waals surface area contributed by atoms with Gasteiger partial charge >= 0.3 is 0 Å². The minimum absolute atomic E-state index is 0.117. The molecule has 4 N–H and O–H groups in total. The van der Waals surface area contributed by atoms with E-state index in [-0.39, 0.29) is 18.8 Å². The van der Waals surface area contributed by atoms with Gasteiger partial charge in [-0.1, -0.05) is 6.92 Å². The van der Waals surface area contributed by atoms with E-state index >= 15 is 0 Å². The Labute approximate surface area is 117 Å². The Morgan fingerprint density at radius 1 is 1.20 bits per heavy atom. The van der Waals surface area contributed by atoms with Gasteiger partial charge in [-0.25, -0.2) is 30.7 Å². The van der Waals surface area contributed by atoms with Crippen molar-refractivity contribution in [3.05, 3.63) is 24.0 Å². The van der Waals surface area contributed by atoms with Crippen LogP contribution in [-0.4, -0.2) is 35.7 Å². The largest absolute Gasteiger partial charge is 0.398 e. The van der Waals surface area contributed by atoms with Crippen LogP contribution in [0.1, 0.15) is 6.92 Å². The van der Waals surface area contributed by atoms with E-state index in [0.717, 1.165) is 18.2 Å². The number of benzene rings is 1. The van der Waals surface area contributed by atoms with Gasteiger partial charge in [-0.05, 0) is 18.2 Å². The molecule has 0 aliphatic heterocycles. The molecule has 0 fully saturated rings. The summed E-state index contributed by atoms with van der Waals surface area (Å²) in [5, 5.41) is 0. The maximum atomic E-state index is 13.0. The summed E-state index contributed by atoms with van der Waals surface area (Å²) < 4.78 is 63.8. The average Bonchev–Trinajstić information content (AvgIpc) is 2.31. The summed E-state index contributed by atoms with van der Waals surface area (Å²) in [6.07, 6.45) is 0. The Balaban J connectivity index is 2.79. The number of rotatable bonds is 7. The van der Waals surface area contributed by atoms with Crippen LogP contribution in [0.4, 0.5) is 10.1 Å². The quantitative estimate of drug-likeness (QED) is 0.591. The summed E-state index contributed by atoms with van der Waals surface area (Å²) in [7, 11) is -7.59. The molecule has 0 bridgehead atoms. The van der Waals surface area contributed by atoms with E-state index in [0.29, 0.717) is 0 Å². The van der Waals surface area contributed by atoms with Crippen molar-refractivity contribution in [2.24, 2.45) is 0 Å². The summed E-state index contributed by atoms with van der Waals surface area (Å²) in [6, 6.07) is 2.93. The highest BCUT2D eigenvalue weighted by Gasteiger charge is 2.19. The molecule has 1 aromatic carbocycles. The molecule has 0 heterocycles. The first-order valence-electron chi connectivity index (χ1n) is 5.70. The highest BCUT2D eigenvalue weighted by molar-refractivity contribution is 7.90. The number of anilines is 1. The van der Waals surface area contributed by atoms with Crippen LogP contribution >= 0.6 is 0 Å². The Bertz CT molecular complexity index is 674. The molecule has 7 nitrogen and oxygen atoms in total. The van der Waals surface area contributed by atoms with Crippen molar-refractivity contribution in [2.75, 3.05) is 24.6 Å². The second-order valence-corrected chi connectivity index (χ2v) is 7.56. The third kappa shape index (κ3) is 4.71. The number of sulfonamides is 2. The van der Waals surface area contributed by atoms with Crippen molar-refractivity contribution < 1.29 is 21.2 Å². The summed E-state index contributed by atoms with van der Waals surface area (Å²) in [4.78, 5) is -0.418. The summed E-state index contributed by atoms with van der Waals surface area (Å²) in [5.41, 5.74) is 5.35.